The average Bonchev–Trinajstić information content (AvgIpc) is 2.76. The molecule has 2 aliphatic heterocycles. The number of methoxy groups -OCH3 is 1. The van der Waals surface area contributed by atoms with Crippen LogP contribution in [-0.2, 0) is 9.47 Å². The molecule has 2 heterocycles. The van der Waals surface area contributed by atoms with Gasteiger partial charge in [-0.1, -0.05) is 0 Å². The van der Waals surface area contributed by atoms with Crippen LogP contribution < -0.4 is 5.32 Å². The molecular formula is C12H24N2O3. The van der Waals surface area contributed by atoms with Crippen molar-refractivity contribution >= 4 is 0 Å². The summed E-state index contributed by atoms with van der Waals surface area (Å²) in [6.07, 6.45) is 2.43. The molecule has 3 unspecified atom stereocenters. The number of hydrogen-bond donors (Lipinski definition) is 2. The molecule has 0 aromatic heterocycles. The lowest BCUT2D eigenvalue weighted by Crippen LogP contribution is -2.50. The van der Waals surface area contributed by atoms with E-state index in [4.69, 9.17) is 9.47 Å². The lowest BCUT2D eigenvalue weighted by molar-refractivity contribution is -0.0481. The average molecular weight is 244 g/mol. The van der Waals surface area contributed by atoms with Gasteiger partial charge in [0.25, 0.3) is 0 Å². The van der Waals surface area contributed by atoms with Crippen LogP contribution in [0.1, 0.15) is 12.8 Å². The summed E-state index contributed by atoms with van der Waals surface area (Å²) in [6, 6.07) is 0.658. The predicted octanol–water partition coefficient (Wildman–Crippen LogP) is -0.553. The van der Waals surface area contributed by atoms with E-state index in [0.717, 1.165) is 19.7 Å². The highest BCUT2D eigenvalue weighted by Crippen LogP contribution is 2.22. The van der Waals surface area contributed by atoms with Gasteiger partial charge in [-0.2, -0.15) is 0 Å². The number of morpholine rings is 1. The van der Waals surface area contributed by atoms with E-state index in [0.29, 0.717) is 19.2 Å². The van der Waals surface area contributed by atoms with Gasteiger partial charge in [-0.25, -0.2) is 0 Å². The SMILES string of the molecule is COCC(O)CNCC1CN2CCCC2CO1. The smallest absolute Gasteiger partial charge is 0.0897 e. The zero-order valence-electron chi connectivity index (χ0n) is 10.6. The van der Waals surface area contributed by atoms with Gasteiger partial charge < -0.3 is 19.9 Å². The Labute approximate surface area is 103 Å². The van der Waals surface area contributed by atoms with E-state index in [1.54, 1.807) is 7.11 Å². The lowest BCUT2D eigenvalue weighted by Gasteiger charge is -2.35. The molecule has 2 aliphatic rings. The number of fused-ring (bicyclic) bond motifs is 1. The molecule has 5 nitrogen and oxygen atoms in total. The monoisotopic (exact) mass is 244 g/mol. The molecule has 3 atom stereocenters. The van der Waals surface area contributed by atoms with Crippen molar-refractivity contribution in [3.63, 3.8) is 0 Å². The largest absolute Gasteiger partial charge is 0.389 e. The van der Waals surface area contributed by atoms with Gasteiger partial charge in [-0.15, -0.1) is 0 Å². The summed E-state index contributed by atoms with van der Waals surface area (Å²) in [7, 11) is 1.60. The summed E-state index contributed by atoms with van der Waals surface area (Å²) >= 11 is 0. The third-order valence-electron chi connectivity index (χ3n) is 3.57. The third-order valence-corrected chi connectivity index (χ3v) is 3.57. The van der Waals surface area contributed by atoms with E-state index < -0.39 is 6.10 Å². The number of ether oxygens (including phenoxy) is 2. The Balaban J connectivity index is 1.60. The molecule has 2 rings (SSSR count). The van der Waals surface area contributed by atoms with Gasteiger partial charge in [0.05, 0.1) is 25.4 Å². The Kier molecular flexibility index (Phi) is 5.18. The molecule has 2 saturated heterocycles. The highest BCUT2D eigenvalue weighted by molar-refractivity contribution is 4.85. The standard InChI is InChI=1S/C12H24N2O3/c1-16-9-11(15)5-13-6-12-7-14-4-2-3-10(14)8-17-12/h10-13,15H,2-9H2,1H3. The fourth-order valence-electron chi connectivity index (χ4n) is 2.67. The number of nitrogens with zero attached hydrogens (tertiary/aromatic N) is 1. The quantitative estimate of drug-likeness (QED) is 0.656. The molecule has 17 heavy (non-hydrogen) atoms. The molecule has 0 saturated carbocycles. The highest BCUT2D eigenvalue weighted by Gasteiger charge is 2.31. The number of rotatable bonds is 6. The van der Waals surface area contributed by atoms with Crippen molar-refractivity contribution in [2.24, 2.45) is 0 Å². The Morgan fingerprint density at radius 1 is 1.59 bits per heavy atom. The van der Waals surface area contributed by atoms with Crippen molar-refractivity contribution < 1.29 is 14.6 Å². The van der Waals surface area contributed by atoms with Crippen molar-refractivity contribution in [2.75, 3.05) is 46.5 Å². The minimum atomic E-state index is -0.428. The van der Waals surface area contributed by atoms with Crippen molar-refractivity contribution in [2.45, 2.75) is 31.1 Å². The first-order chi connectivity index (χ1) is 8.29. The normalized spacial score (nSPS) is 31.4. The Bertz CT molecular complexity index is 228. The second kappa shape index (κ2) is 6.66. The van der Waals surface area contributed by atoms with E-state index in [1.165, 1.54) is 19.4 Å². The maximum atomic E-state index is 9.49. The number of aliphatic hydroxyl groups is 1. The zero-order chi connectivity index (χ0) is 12.1. The Morgan fingerprint density at radius 3 is 3.29 bits per heavy atom. The topological polar surface area (TPSA) is 54.0 Å². The van der Waals surface area contributed by atoms with Crippen molar-refractivity contribution in [3.8, 4) is 0 Å². The minimum absolute atomic E-state index is 0.263. The first-order valence-electron chi connectivity index (χ1n) is 6.53. The van der Waals surface area contributed by atoms with Crippen LogP contribution in [0.25, 0.3) is 0 Å². The molecule has 0 amide bonds. The van der Waals surface area contributed by atoms with Crippen LogP contribution in [0.2, 0.25) is 0 Å². The maximum absolute atomic E-state index is 9.49. The maximum Gasteiger partial charge on any atom is 0.0897 e. The molecule has 2 fully saturated rings. The van der Waals surface area contributed by atoms with Crippen molar-refractivity contribution in [1.29, 1.82) is 0 Å². The first-order valence-corrected chi connectivity index (χ1v) is 6.53. The number of aliphatic hydroxyl groups excluding tert-OH is 1. The molecule has 0 aromatic carbocycles. The molecule has 2 N–H and O–H groups in total. The van der Waals surface area contributed by atoms with Crippen LogP contribution in [0.4, 0.5) is 0 Å². The van der Waals surface area contributed by atoms with E-state index in [9.17, 15) is 5.11 Å². The first kappa shape index (κ1) is 13.2. The van der Waals surface area contributed by atoms with Crippen molar-refractivity contribution in [1.82, 2.24) is 10.2 Å². The summed E-state index contributed by atoms with van der Waals surface area (Å²) in [5.41, 5.74) is 0. The molecule has 0 aliphatic carbocycles. The molecule has 0 radical (unpaired) electrons. The van der Waals surface area contributed by atoms with Crippen LogP contribution in [0.15, 0.2) is 0 Å². The van der Waals surface area contributed by atoms with Crippen LogP contribution >= 0.6 is 0 Å². The fourth-order valence-corrected chi connectivity index (χ4v) is 2.67. The van der Waals surface area contributed by atoms with Crippen LogP contribution in [-0.4, -0.2) is 74.8 Å². The van der Waals surface area contributed by atoms with Gasteiger partial charge in [0.2, 0.25) is 0 Å². The molecule has 0 aromatic rings. The van der Waals surface area contributed by atoms with Crippen LogP contribution in [0.5, 0.6) is 0 Å². The van der Waals surface area contributed by atoms with Crippen LogP contribution in [0.3, 0.4) is 0 Å². The van der Waals surface area contributed by atoms with Crippen molar-refractivity contribution in [3.05, 3.63) is 0 Å². The summed E-state index contributed by atoms with van der Waals surface area (Å²) in [4.78, 5) is 2.53. The lowest BCUT2D eigenvalue weighted by atomic mass is 10.2. The summed E-state index contributed by atoms with van der Waals surface area (Å²) in [6.45, 7) is 4.87. The highest BCUT2D eigenvalue weighted by atomic mass is 16.5. The Hall–Kier alpha value is -0.200. The third kappa shape index (κ3) is 3.89. The Morgan fingerprint density at radius 2 is 2.47 bits per heavy atom. The predicted molar refractivity (Wildman–Crippen MR) is 65.1 cm³/mol. The van der Waals surface area contributed by atoms with Gasteiger partial charge in [0.1, 0.15) is 0 Å². The molecule has 5 heteroatoms. The number of hydrogen-bond acceptors (Lipinski definition) is 5. The van der Waals surface area contributed by atoms with E-state index in [-0.39, 0.29) is 6.10 Å². The van der Waals surface area contributed by atoms with Gasteiger partial charge in [0.15, 0.2) is 0 Å². The van der Waals surface area contributed by atoms with Gasteiger partial charge in [0, 0.05) is 32.8 Å². The van der Waals surface area contributed by atoms with Gasteiger partial charge in [-0.3, -0.25) is 4.90 Å². The van der Waals surface area contributed by atoms with Gasteiger partial charge >= 0.3 is 0 Å². The summed E-state index contributed by atoms with van der Waals surface area (Å²) in [5.74, 6) is 0. The molecular weight excluding hydrogens is 220 g/mol. The van der Waals surface area contributed by atoms with Gasteiger partial charge in [-0.05, 0) is 19.4 Å². The summed E-state index contributed by atoms with van der Waals surface area (Å²) < 4.78 is 10.7. The van der Waals surface area contributed by atoms with E-state index in [2.05, 4.69) is 10.2 Å². The minimum Gasteiger partial charge on any atom is -0.389 e. The zero-order valence-corrected chi connectivity index (χ0v) is 10.6. The second-order valence-corrected chi connectivity index (χ2v) is 5.01. The number of nitrogens with one attached hydrogen (secondary N) is 1. The molecule has 0 bridgehead atoms. The van der Waals surface area contributed by atoms with E-state index in [1.807, 2.05) is 0 Å². The fraction of sp³-hybridized carbons (Fsp3) is 1.00. The van der Waals surface area contributed by atoms with Crippen LogP contribution in [0, 0.1) is 0 Å². The summed E-state index contributed by atoms with van der Waals surface area (Å²) in [5, 5.41) is 12.7. The molecule has 100 valence electrons. The molecule has 0 spiro atoms. The second-order valence-electron chi connectivity index (χ2n) is 5.01. The van der Waals surface area contributed by atoms with E-state index >= 15 is 0 Å².